The van der Waals surface area contributed by atoms with E-state index in [4.69, 9.17) is 9.47 Å². The van der Waals surface area contributed by atoms with Gasteiger partial charge in [0.1, 0.15) is 15.6 Å². The fraction of sp³-hybridized carbons (Fsp3) is 0.231. The van der Waals surface area contributed by atoms with Crippen molar-refractivity contribution in [2.45, 2.75) is 6.61 Å². The second-order valence-corrected chi connectivity index (χ2v) is 5.74. The van der Waals surface area contributed by atoms with Crippen molar-refractivity contribution in [1.29, 1.82) is 0 Å². The van der Waals surface area contributed by atoms with E-state index in [1.54, 1.807) is 13.2 Å². The molecule has 0 spiro atoms. The molecule has 1 aromatic carbocycles. The Kier molecular flexibility index (Phi) is 4.74. The molecular weight excluding hydrogens is 346 g/mol. The van der Waals surface area contributed by atoms with Gasteiger partial charge in [0.05, 0.1) is 23.9 Å². The minimum Gasteiger partial charge on any atom is -0.496 e. The van der Waals surface area contributed by atoms with Crippen LogP contribution in [0.15, 0.2) is 22.7 Å². The lowest BCUT2D eigenvalue weighted by atomic mass is 10.2. The zero-order chi connectivity index (χ0) is 14.7. The number of halogens is 1. The smallest absolute Gasteiger partial charge is 0.347 e. The highest BCUT2D eigenvalue weighted by Gasteiger charge is 2.18. The molecule has 0 saturated heterocycles. The lowest BCUT2D eigenvalue weighted by Crippen LogP contribution is -1.99. The Hall–Kier alpha value is -1.44. The van der Waals surface area contributed by atoms with Gasteiger partial charge in [-0.1, -0.05) is 0 Å². The first kappa shape index (κ1) is 15.0. The Balaban J connectivity index is 2.44. The molecule has 7 heteroatoms. The molecule has 0 radical (unpaired) electrons. The second-order valence-electron chi connectivity index (χ2n) is 3.88. The van der Waals surface area contributed by atoms with Crippen molar-refractivity contribution >= 4 is 33.2 Å². The molecule has 0 aliphatic heterocycles. The topological polar surface area (TPSA) is 68.7 Å². The molecule has 0 atom stereocenters. The maximum absolute atomic E-state index is 11.2. The van der Waals surface area contributed by atoms with Crippen molar-refractivity contribution in [3.05, 3.63) is 33.2 Å². The van der Waals surface area contributed by atoms with Crippen LogP contribution in [0.4, 0.5) is 0 Å². The van der Waals surface area contributed by atoms with E-state index in [1.165, 1.54) is 7.11 Å². The van der Waals surface area contributed by atoms with Gasteiger partial charge in [-0.3, -0.25) is 0 Å². The summed E-state index contributed by atoms with van der Waals surface area (Å²) in [5.74, 6) is -0.283. The Morgan fingerprint density at radius 3 is 2.75 bits per heavy atom. The van der Waals surface area contributed by atoms with Gasteiger partial charge in [-0.15, -0.1) is 11.3 Å². The van der Waals surface area contributed by atoms with E-state index in [0.29, 0.717) is 16.5 Å². The zero-order valence-electron chi connectivity index (χ0n) is 10.8. The number of thiazole rings is 1. The molecule has 0 saturated carbocycles. The molecular formula is C13H12BrNO4S. The number of ether oxygens (including phenoxy) is 2. The van der Waals surface area contributed by atoms with E-state index in [9.17, 15) is 9.90 Å². The van der Waals surface area contributed by atoms with Crippen molar-refractivity contribution < 1.29 is 19.4 Å². The minimum atomic E-state index is -0.992. The molecule has 2 rings (SSSR count). The average Bonchev–Trinajstić information content (AvgIpc) is 2.83. The number of rotatable bonds is 5. The first-order chi connectivity index (χ1) is 9.56. The Morgan fingerprint density at radius 2 is 2.20 bits per heavy atom. The highest BCUT2D eigenvalue weighted by atomic mass is 79.9. The summed E-state index contributed by atoms with van der Waals surface area (Å²) < 4.78 is 10.9. The number of carboxylic acids is 1. The van der Waals surface area contributed by atoms with Gasteiger partial charge in [-0.2, -0.15) is 0 Å². The predicted octanol–water partition coefficient (Wildman–Crippen LogP) is 3.43. The van der Waals surface area contributed by atoms with Crippen LogP contribution >= 0.6 is 27.3 Å². The molecule has 1 heterocycles. The number of hydrogen-bond acceptors (Lipinski definition) is 5. The van der Waals surface area contributed by atoms with E-state index in [1.807, 2.05) is 12.1 Å². The maximum atomic E-state index is 11.2. The number of aromatic carboxylic acids is 1. The fourth-order valence-electron chi connectivity index (χ4n) is 1.68. The summed E-state index contributed by atoms with van der Waals surface area (Å²) in [5.41, 5.74) is 1.26. The summed E-state index contributed by atoms with van der Waals surface area (Å²) in [6.07, 6.45) is 0. The van der Waals surface area contributed by atoms with Gasteiger partial charge < -0.3 is 14.6 Å². The summed E-state index contributed by atoms with van der Waals surface area (Å²) in [5, 5.41) is 9.81. The van der Waals surface area contributed by atoms with E-state index >= 15 is 0 Å². The molecule has 0 amide bonds. The van der Waals surface area contributed by atoms with Crippen LogP contribution < -0.4 is 4.74 Å². The summed E-state index contributed by atoms with van der Waals surface area (Å²) >= 11 is 4.53. The molecule has 0 aliphatic rings. The number of hydrogen-bond donors (Lipinski definition) is 1. The number of carboxylic acid groups (broad SMARTS) is 1. The van der Waals surface area contributed by atoms with Gasteiger partial charge in [-0.25, -0.2) is 9.78 Å². The standard InChI is InChI=1S/C13H12BrNO4S/c1-18-6-9-11(13(16)17)20-12(15-9)7-3-4-10(19-2)8(14)5-7/h3-5H,6H2,1-2H3,(H,16,17). The van der Waals surface area contributed by atoms with Crippen LogP contribution in [-0.2, 0) is 11.3 Å². The quantitative estimate of drug-likeness (QED) is 0.887. The molecule has 0 aliphatic carbocycles. The van der Waals surface area contributed by atoms with Crippen LogP contribution in [0.1, 0.15) is 15.4 Å². The zero-order valence-corrected chi connectivity index (χ0v) is 13.2. The average molecular weight is 358 g/mol. The Labute approximate surface area is 128 Å². The predicted molar refractivity (Wildman–Crippen MR) is 79.5 cm³/mol. The van der Waals surface area contributed by atoms with Crippen LogP contribution in [0.3, 0.4) is 0 Å². The maximum Gasteiger partial charge on any atom is 0.347 e. The molecule has 106 valence electrons. The normalized spacial score (nSPS) is 10.6. The number of benzene rings is 1. The molecule has 1 aromatic heterocycles. The molecule has 0 bridgehead atoms. The number of carbonyl (C=O) groups is 1. The van der Waals surface area contributed by atoms with Gasteiger partial charge in [0.15, 0.2) is 0 Å². The van der Waals surface area contributed by atoms with Crippen molar-refractivity contribution in [3.8, 4) is 16.3 Å². The van der Waals surface area contributed by atoms with Crippen molar-refractivity contribution in [1.82, 2.24) is 4.98 Å². The van der Waals surface area contributed by atoms with E-state index in [0.717, 1.165) is 21.4 Å². The third kappa shape index (κ3) is 3.00. The van der Waals surface area contributed by atoms with Crippen molar-refractivity contribution in [2.75, 3.05) is 14.2 Å². The lowest BCUT2D eigenvalue weighted by molar-refractivity contribution is 0.0697. The highest BCUT2D eigenvalue weighted by molar-refractivity contribution is 9.10. The van der Waals surface area contributed by atoms with E-state index < -0.39 is 5.97 Å². The number of methoxy groups -OCH3 is 2. The van der Waals surface area contributed by atoms with Crippen LogP contribution in [0.25, 0.3) is 10.6 Å². The molecule has 5 nitrogen and oxygen atoms in total. The first-order valence-electron chi connectivity index (χ1n) is 5.62. The van der Waals surface area contributed by atoms with Crippen LogP contribution in [0, 0.1) is 0 Å². The monoisotopic (exact) mass is 357 g/mol. The summed E-state index contributed by atoms with van der Waals surface area (Å²) in [6.45, 7) is 0.176. The SMILES string of the molecule is COCc1nc(-c2ccc(OC)c(Br)c2)sc1C(=O)O. The van der Waals surface area contributed by atoms with Gasteiger partial charge in [0.25, 0.3) is 0 Å². The van der Waals surface area contributed by atoms with Crippen molar-refractivity contribution in [2.24, 2.45) is 0 Å². The molecule has 0 unspecified atom stereocenters. The lowest BCUT2D eigenvalue weighted by Gasteiger charge is -2.04. The first-order valence-corrected chi connectivity index (χ1v) is 7.23. The number of aromatic nitrogens is 1. The summed E-state index contributed by atoms with van der Waals surface area (Å²) in [4.78, 5) is 15.7. The largest absolute Gasteiger partial charge is 0.496 e. The third-order valence-corrected chi connectivity index (χ3v) is 4.33. The van der Waals surface area contributed by atoms with Crippen LogP contribution in [-0.4, -0.2) is 30.3 Å². The second kappa shape index (κ2) is 6.34. The number of nitrogens with zero attached hydrogens (tertiary/aromatic N) is 1. The summed E-state index contributed by atoms with van der Waals surface area (Å²) in [6, 6.07) is 5.49. The van der Waals surface area contributed by atoms with Gasteiger partial charge in [-0.05, 0) is 34.1 Å². The van der Waals surface area contributed by atoms with Gasteiger partial charge in [0.2, 0.25) is 0 Å². The summed E-state index contributed by atoms with van der Waals surface area (Å²) in [7, 11) is 3.09. The minimum absolute atomic E-state index is 0.176. The molecule has 2 aromatic rings. The van der Waals surface area contributed by atoms with E-state index in [2.05, 4.69) is 20.9 Å². The molecule has 1 N–H and O–H groups in total. The van der Waals surface area contributed by atoms with Crippen molar-refractivity contribution in [3.63, 3.8) is 0 Å². The molecule has 0 fully saturated rings. The molecule has 20 heavy (non-hydrogen) atoms. The fourth-order valence-corrected chi connectivity index (χ4v) is 3.12. The Morgan fingerprint density at radius 1 is 1.45 bits per heavy atom. The Bertz CT molecular complexity index is 641. The highest BCUT2D eigenvalue weighted by Crippen LogP contribution is 2.33. The third-order valence-electron chi connectivity index (χ3n) is 2.57. The van der Waals surface area contributed by atoms with Gasteiger partial charge >= 0.3 is 5.97 Å². The van der Waals surface area contributed by atoms with E-state index in [-0.39, 0.29) is 11.5 Å². The van der Waals surface area contributed by atoms with Crippen LogP contribution in [0.5, 0.6) is 5.75 Å². The van der Waals surface area contributed by atoms with Gasteiger partial charge in [0, 0.05) is 12.7 Å². The van der Waals surface area contributed by atoms with Crippen LogP contribution in [0.2, 0.25) is 0 Å².